The zero-order valence-electron chi connectivity index (χ0n) is 9.71. The highest BCUT2D eigenvalue weighted by Crippen LogP contribution is 2.20. The van der Waals surface area contributed by atoms with Crippen LogP contribution in [0.1, 0.15) is 0 Å². The van der Waals surface area contributed by atoms with E-state index in [0.29, 0.717) is 27.5 Å². The van der Waals surface area contributed by atoms with Crippen molar-refractivity contribution in [3.8, 4) is 0 Å². The number of non-ortho nitro benzene ring substituents is 1. The summed E-state index contributed by atoms with van der Waals surface area (Å²) in [6.45, 7) is 0. The molecule has 0 amide bonds. The minimum atomic E-state index is -0.499. The first-order valence-electron chi connectivity index (χ1n) is 5.56. The smallest absolute Gasteiger partial charge is 0.271 e. The molecule has 0 bridgehead atoms. The van der Waals surface area contributed by atoms with Gasteiger partial charge in [-0.1, -0.05) is 0 Å². The molecule has 0 saturated heterocycles. The minimum Gasteiger partial charge on any atom is -0.399 e. The van der Waals surface area contributed by atoms with Crippen molar-refractivity contribution in [2.45, 2.75) is 0 Å². The number of fused-ring (bicyclic) bond motifs is 2. The van der Waals surface area contributed by atoms with E-state index in [1.165, 1.54) is 18.2 Å². The Balaban J connectivity index is 2.46. The molecule has 3 aromatic rings. The molecule has 0 aliphatic heterocycles. The number of nitrogens with two attached hydrogens (primary N) is 1. The molecule has 0 unspecified atom stereocenters. The van der Waals surface area contributed by atoms with Crippen LogP contribution in [-0.4, -0.2) is 9.91 Å². The van der Waals surface area contributed by atoms with Crippen LogP contribution in [0.2, 0.25) is 0 Å². The summed E-state index contributed by atoms with van der Waals surface area (Å²) in [7, 11) is 0. The molecule has 0 saturated carbocycles. The van der Waals surface area contributed by atoms with Crippen LogP contribution >= 0.6 is 0 Å². The summed E-state index contributed by atoms with van der Waals surface area (Å²) in [5.74, 6) is 0. The first-order valence-corrected chi connectivity index (χ1v) is 5.56. The molecule has 19 heavy (non-hydrogen) atoms. The van der Waals surface area contributed by atoms with Crippen LogP contribution in [0.3, 0.4) is 0 Å². The SMILES string of the molecule is Nc1ccc2c(=O)c3ccc([N+](=O)[O-])cc3[nH]c2c1. The lowest BCUT2D eigenvalue weighted by atomic mass is 10.1. The van der Waals surface area contributed by atoms with Gasteiger partial charge in [0.2, 0.25) is 0 Å². The third-order valence-electron chi connectivity index (χ3n) is 3.02. The molecule has 0 fully saturated rings. The highest BCUT2D eigenvalue weighted by molar-refractivity contribution is 5.94. The van der Waals surface area contributed by atoms with E-state index in [-0.39, 0.29) is 11.1 Å². The Hall–Kier alpha value is -2.89. The van der Waals surface area contributed by atoms with Crippen LogP contribution in [0, 0.1) is 10.1 Å². The van der Waals surface area contributed by atoms with E-state index >= 15 is 0 Å². The number of pyridine rings is 1. The zero-order chi connectivity index (χ0) is 13.6. The molecule has 6 nitrogen and oxygen atoms in total. The van der Waals surface area contributed by atoms with Crippen molar-refractivity contribution in [3.63, 3.8) is 0 Å². The Kier molecular flexibility index (Phi) is 2.25. The van der Waals surface area contributed by atoms with E-state index in [2.05, 4.69) is 4.98 Å². The van der Waals surface area contributed by atoms with E-state index in [1.807, 2.05) is 0 Å². The maximum Gasteiger partial charge on any atom is 0.271 e. The number of nitrogen functional groups attached to an aromatic ring is 1. The van der Waals surface area contributed by atoms with Gasteiger partial charge in [0.15, 0.2) is 5.43 Å². The maximum absolute atomic E-state index is 12.2. The molecule has 0 spiro atoms. The molecule has 6 heteroatoms. The van der Waals surface area contributed by atoms with Crippen molar-refractivity contribution in [1.29, 1.82) is 0 Å². The Morgan fingerprint density at radius 1 is 1.05 bits per heavy atom. The highest BCUT2D eigenvalue weighted by atomic mass is 16.6. The molecule has 1 aromatic heterocycles. The van der Waals surface area contributed by atoms with Gasteiger partial charge in [0.25, 0.3) is 5.69 Å². The van der Waals surface area contributed by atoms with Crippen molar-refractivity contribution in [2.75, 3.05) is 5.73 Å². The lowest BCUT2D eigenvalue weighted by Gasteiger charge is -2.03. The van der Waals surface area contributed by atoms with Crippen molar-refractivity contribution in [3.05, 3.63) is 56.7 Å². The normalized spacial score (nSPS) is 10.9. The summed E-state index contributed by atoms with van der Waals surface area (Å²) in [6, 6.07) is 9.05. The number of aromatic amines is 1. The molecule has 0 aliphatic carbocycles. The summed E-state index contributed by atoms with van der Waals surface area (Å²) in [4.78, 5) is 25.5. The Morgan fingerprint density at radius 2 is 1.68 bits per heavy atom. The summed E-state index contributed by atoms with van der Waals surface area (Å²) in [5.41, 5.74) is 6.95. The monoisotopic (exact) mass is 255 g/mol. The van der Waals surface area contributed by atoms with E-state index in [0.717, 1.165) is 0 Å². The van der Waals surface area contributed by atoms with Crippen molar-refractivity contribution < 1.29 is 4.92 Å². The second-order valence-corrected chi connectivity index (χ2v) is 4.25. The van der Waals surface area contributed by atoms with E-state index in [9.17, 15) is 14.9 Å². The van der Waals surface area contributed by atoms with Gasteiger partial charge in [-0.2, -0.15) is 0 Å². The first kappa shape index (κ1) is 11.2. The molecule has 3 N–H and O–H groups in total. The maximum atomic E-state index is 12.2. The van der Waals surface area contributed by atoms with Crippen LogP contribution in [0.25, 0.3) is 21.8 Å². The number of nitrogens with zero attached hydrogens (tertiary/aromatic N) is 1. The second kappa shape index (κ2) is 3.81. The van der Waals surface area contributed by atoms with Gasteiger partial charge in [-0.15, -0.1) is 0 Å². The average Bonchev–Trinajstić information content (AvgIpc) is 2.37. The van der Waals surface area contributed by atoms with Gasteiger partial charge in [-0.25, -0.2) is 0 Å². The molecule has 0 aliphatic rings. The number of nitro benzene ring substituents is 1. The lowest BCUT2D eigenvalue weighted by Crippen LogP contribution is -2.04. The van der Waals surface area contributed by atoms with Gasteiger partial charge < -0.3 is 10.7 Å². The van der Waals surface area contributed by atoms with Gasteiger partial charge >= 0.3 is 0 Å². The Morgan fingerprint density at radius 3 is 2.37 bits per heavy atom. The van der Waals surface area contributed by atoms with Crippen LogP contribution in [0.5, 0.6) is 0 Å². The van der Waals surface area contributed by atoms with E-state index in [1.54, 1.807) is 18.2 Å². The fourth-order valence-electron chi connectivity index (χ4n) is 2.10. The average molecular weight is 255 g/mol. The molecule has 0 atom stereocenters. The van der Waals surface area contributed by atoms with Gasteiger partial charge in [0.05, 0.1) is 16.0 Å². The number of H-pyrrole nitrogens is 1. The molecular formula is C13H9N3O3. The van der Waals surface area contributed by atoms with Crippen molar-refractivity contribution >= 4 is 33.2 Å². The fourth-order valence-corrected chi connectivity index (χ4v) is 2.10. The number of benzene rings is 2. The number of nitrogens with one attached hydrogen (secondary N) is 1. The summed E-state index contributed by atoms with van der Waals surface area (Å²) in [5, 5.41) is 11.7. The summed E-state index contributed by atoms with van der Waals surface area (Å²) >= 11 is 0. The predicted molar refractivity (Wildman–Crippen MR) is 73.1 cm³/mol. The largest absolute Gasteiger partial charge is 0.399 e. The third-order valence-corrected chi connectivity index (χ3v) is 3.02. The quantitative estimate of drug-likeness (QED) is 0.301. The van der Waals surface area contributed by atoms with Crippen LogP contribution in [0.4, 0.5) is 11.4 Å². The highest BCUT2D eigenvalue weighted by Gasteiger charge is 2.10. The molecule has 1 heterocycles. The standard InChI is InChI=1S/C13H9N3O3/c14-7-1-3-9-11(5-7)15-12-6-8(16(18)19)2-4-10(12)13(9)17/h1-6H,14H2,(H,15,17). The number of rotatable bonds is 1. The van der Waals surface area contributed by atoms with Crippen LogP contribution < -0.4 is 11.2 Å². The number of hydrogen-bond donors (Lipinski definition) is 2. The second-order valence-electron chi connectivity index (χ2n) is 4.25. The topological polar surface area (TPSA) is 102 Å². The van der Waals surface area contributed by atoms with Crippen LogP contribution in [0.15, 0.2) is 41.2 Å². The lowest BCUT2D eigenvalue weighted by molar-refractivity contribution is -0.384. The van der Waals surface area contributed by atoms with Gasteiger partial charge in [-0.3, -0.25) is 14.9 Å². The minimum absolute atomic E-state index is 0.0635. The number of anilines is 1. The molecule has 94 valence electrons. The predicted octanol–water partition coefficient (Wildman–Crippen LogP) is 2.17. The Labute approximate surface area is 106 Å². The van der Waals surface area contributed by atoms with Crippen molar-refractivity contribution in [1.82, 2.24) is 4.98 Å². The molecule has 3 rings (SSSR count). The van der Waals surface area contributed by atoms with Gasteiger partial charge in [0.1, 0.15) is 0 Å². The number of aromatic nitrogens is 1. The fraction of sp³-hybridized carbons (Fsp3) is 0. The van der Waals surface area contributed by atoms with Crippen molar-refractivity contribution in [2.24, 2.45) is 0 Å². The third kappa shape index (κ3) is 1.70. The van der Waals surface area contributed by atoms with Gasteiger partial charge in [0, 0.05) is 28.6 Å². The van der Waals surface area contributed by atoms with E-state index in [4.69, 9.17) is 5.73 Å². The number of nitro groups is 1. The first-order chi connectivity index (χ1) is 9.06. The zero-order valence-corrected chi connectivity index (χ0v) is 9.71. The molecule has 2 aromatic carbocycles. The van der Waals surface area contributed by atoms with E-state index < -0.39 is 4.92 Å². The molecular weight excluding hydrogens is 246 g/mol. The molecule has 0 radical (unpaired) electrons. The summed E-state index contributed by atoms with van der Waals surface area (Å²) < 4.78 is 0. The number of hydrogen-bond acceptors (Lipinski definition) is 4. The van der Waals surface area contributed by atoms with Crippen LogP contribution in [-0.2, 0) is 0 Å². The Bertz CT molecular complexity index is 883. The summed E-state index contributed by atoms with van der Waals surface area (Å²) in [6.07, 6.45) is 0. The van der Waals surface area contributed by atoms with Gasteiger partial charge in [-0.05, 0) is 24.3 Å².